The highest BCUT2D eigenvalue weighted by atomic mass is 19.1. The second-order valence-corrected chi connectivity index (χ2v) is 8.25. The van der Waals surface area contributed by atoms with Crippen molar-refractivity contribution in [2.45, 2.75) is 46.2 Å². The van der Waals surface area contributed by atoms with Crippen LogP contribution in [0.2, 0.25) is 0 Å². The van der Waals surface area contributed by atoms with Gasteiger partial charge in [-0.15, -0.1) is 0 Å². The average molecular weight is 437 g/mol. The molecule has 32 heavy (non-hydrogen) atoms. The molecular formula is C27H33FN2O2. The Morgan fingerprint density at radius 2 is 1.66 bits per heavy atom. The molecular weight excluding hydrogens is 403 g/mol. The van der Waals surface area contributed by atoms with Gasteiger partial charge in [0, 0.05) is 13.1 Å². The van der Waals surface area contributed by atoms with E-state index < -0.39 is 0 Å². The van der Waals surface area contributed by atoms with E-state index in [0.717, 1.165) is 42.9 Å². The molecule has 0 saturated carbocycles. The molecule has 3 rings (SSSR count). The zero-order valence-corrected chi connectivity index (χ0v) is 19.1. The molecule has 3 aromatic rings. The van der Waals surface area contributed by atoms with Crippen molar-refractivity contribution >= 4 is 5.91 Å². The third-order valence-electron chi connectivity index (χ3n) is 5.51. The van der Waals surface area contributed by atoms with Gasteiger partial charge in [-0.3, -0.25) is 9.69 Å². The van der Waals surface area contributed by atoms with Crippen LogP contribution in [0.4, 0.5) is 4.39 Å². The molecule has 0 aliphatic heterocycles. The van der Waals surface area contributed by atoms with E-state index in [9.17, 15) is 9.18 Å². The van der Waals surface area contributed by atoms with Gasteiger partial charge >= 0.3 is 0 Å². The van der Waals surface area contributed by atoms with Gasteiger partial charge in [-0.2, -0.15) is 0 Å². The molecule has 2 aromatic carbocycles. The maximum Gasteiger partial charge on any atom is 0.237 e. The summed E-state index contributed by atoms with van der Waals surface area (Å²) in [5.74, 6) is 1.47. The fourth-order valence-corrected chi connectivity index (χ4v) is 3.69. The fraction of sp³-hybridized carbons (Fsp3) is 0.370. The summed E-state index contributed by atoms with van der Waals surface area (Å²) in [6.45, 7) is 6.91. The van der Waals surface area contributed by atoms with E-state index in [4.69, 9.17) is 4.42 Å². The third-order valence-corrected chi connectivity index (χ3v) is 5.51. The summed E-state index contributed by atoms with van der Waals surface area (Å²) in [7, 11) is 0. The Bertz CT molecular complexity index is 953. The molecule has 4 nitrogen and oxygen atoms in total. The number of amides is 1. The van der Waals surface area contributed by atoms with E-state index in [0.29, 0.717) is 26.2 Å². The normalized spacial score (nSPS) is 11.1. The topological polar surface area (TPSA) is 36.7 Å². The highest BCUT2D eigenvalue weighted by Gasteiger charge is 2.19. The van der Waals surface area contributed by atoms with Crippen molar-refractivity contribution in [1.82, 2.24) is 9.80 Å². The molecule has 0 radical (unpaired) electrons. The first-order chi connectivity index (χ1) is 15.5. The summed E-state index contributed by atoms with van der Waals surface area (Å²) in [6.07, 6.45) is 2.85. The fourth-order valence-electron chi connectivity index (χ4n) is 3.69. The van der Waals surface area contributed by atoms with Gasteiger partial charge in [0.05, 0.1) is 13.1 Å². The van der Waals surface area contributed by atoms with Crippen molar-refractivity contribution in [2.24, 2.45) is 0 Å². The molecule has 1 heterocycles. The minimum absolute atomic E-state index is 0.0770. The van der Waals surface area contributed by atoms with Gasteiger partial charge in [-0.1, -0.05) is 55.8 Å². The predicted molar refractivity (Wildman–Crippen MR) is 126 cm³/mol. The highest BCUT2D eigenvalue weighted by Crippen LogP contribution is 2.13. The minimum Gasteiger partial charge on any atom is -0.464 e. The van der Waals surface area contributed by atoms with Gasteiger partial charge in [0.2, 0.25) is 5.91 Å². The summed E-state index contributed by atoms with van der Waals surface area (Å²) < 4.78 is 19.0. The van der Waals surface area contributed by atoms with Crippen LogP contribution in [-0.4, -0.2) is 35.3 Å². The smallest absolute Gasteiger partial charge is 0.237 e. The first kappa shape index (κ1) is 23.7. The minimum atomic E-state index is -0.245. The molecule has 1 aromatic heterocycles. The van der Waals surface area contributed by atoms with Crippen LogP contribution in [0.25, 0.3) is 0 Å². The van der Waals surface area contributed by atoms with E-state index in [2.05, 4.69) is 24.0 Å². The number of nitrogens with zero attached hydrogens (tertiary/aromatic N) is 2. The van der Waals surface area contributed by atoms with Crippen LogP contribution < -0.4 is 0 Å². The van der Waals surface area contributed by atoms with Crippen molar-refractivity contribution in [3.63, 3.8) is 0 Å². The molecule has 0 aliphatic rings. The van der Waals surface area contributed by atoms with Crippen molar-refractivity contribution in [3.8, 4) is 0 Å². The maximum absolute atomic E-state index is 13.4. The Kier molecular flexibility index (Phi) is 9.05. The molecule has 5 heteroatoms. The lowest BCUT2D eigenvalue weighted by atomic mass is 10.1. The number of furan rings is 1. The van der Waals surface area contributed by atoms with Crippen LogP contribution in [0, 0.1) is 12.7 Å². The van der Waals surface area contributed by atoms with Crippen LogP contribution in [0.3, 0.4) is 0 Å². The maximum atomic E-state index is 13.4. The summed E-state index contributed by atoms with van der Waals surface area (Å²) >= 11 is 0. The Balaban J connectivity index is 1.69. The molecule has 0 N–H and O–H groups in total. The van der Waals surface area contributed by atoms with Crippen molar-refractivity contribution in [1.29, 1.82) is 0 Å². The molecule has 0 bridgehead atoms. The van der Waals surface area contributed by atoms with Crippen LogP contribution in [0.1, 0.15) is 42.4 Å². The number of benzene rings is 2. The van der Waals surface area contributed by atoms with E-state index >= 15 is 0 Å². The van der Waals surface area contributed by atoms with E-state index in [1.165, 1.54) is 17.7 Å². The standard InChI is InChI=1S/C27H33FN2O2/c1-3-4-17-29(19-24-11-13-25(28)14-12-24)21-27(31)30(20-26-15-10-22(2)32-26)18-16-23-8-6-5-7-9-23/h5-15H,3-4,16-21H2,1-2H3. The Morgan fingerprint density at radius 1 is 0.906 bits per heavy atom. The number of carbonyl (C=O) groups excluding carboxylic acids is 1. The second kappa shape index (κ2) is 12.2. The lowest BCUT2D eigenvalue weighted by molar-refractivity contribution is -0.133. The second-order valence-electron chi connectivity index (χ2n) is 8.25. The predicted octanol–water partition coefficient (Wildman–Crippen LogP) is 5.60. The summed E-state index contributed by atoms with van der Waals surface area (Å²) in [6, 6.07) is 20.6. The van der Waals surface area contributed by atoms with Crippen LogP contribution in [-0.2, 0) is 24.3 Å². The van der Waals surface area contributed by atoms with Crippen molar-refractivity contribution in [3.05, 3.63) is 95.2 Å². The van der Waals surface area contributed by atoms with Gasteiger partial charge in [0.25, 0.3) is 0 Å². The highest BCUT2D eigenvalue weighted by molar-refractivity contribution is 5.78. The number of halogens is 1. The van der Waals surface area contributed by atoms with Gasteiger partial charge in [-0.25, -0.2) is 4.39 Å². The SMILES string of the molecule is CCCCN(CC(=O)N(CCc1ccccc1)Cc1ccc(C)o1)Cc1ccc(F)cc1. The quantitative estimate of drug-likeness (QED) is 0.371. The van der Waals surface area contributed by atoms with Gasteiger partial charge in [-0.05, 0) is 61.7 Å². The summed E-state index contributed by atoms with van der Waals surface area (Å²) in [5, 5.41) is 0. The molecule has 170 valence electrons. The lowest BCUT2D eigenvalue weighted by Crippen LogP contribution is -2.41. The molecule has 0 unspecified atom stereocenters. The summed E-state index contributed by atoms with van der Waals surface area (Å²) in [4.78, 5) is 17.4. The number of aryl methyl sites for hydroxylation is 1. The first-order valence-electron chi connectivity index (χ1n) is 11.4. The largest absolute Gasteiger partial charge is 0.464 e. The average Bonchev–Trinajstić information content (AvgIpc) is 3.21. The van der Waals surface area contributed by atoms with Crippen LogP contribution in [0.5, 0.6) is 0 Å². The zero-order chi connectivity index (χ0) is 22.8. The first-order valence-corrected chi connectivity index (χ1v) is 11.4. The monoisotopic (exact) mass is 436 g/mol. The molecule has 0 aliphatic carbocycles. The molecule has 0 atom stereocenters. The van der Waals surface area contributed by atoms with E-state index in [-0.39, 0.29) is 11.7 Å². The van der Waals surface area contributed by atoms with Crippen LogP contribution in [0.15, 0.2) is 71.1 Å². The number of hydrogen-bond donors (Lipinski definition) is 0. The van der Waals surface area contributed by atoms with Crippen LogP contribution >= 0.6 is 0 Å². The zero-order valence-electron chi connectivity index (χ0n) is 19.1. The molecule has 0 spiro atoms. The van der Waals surface area contributed by atoms with Gasteiger partial charge in [0.1, 0.15) is 17.3 Å². The number of carbonyl (C=O) groups is 1. The molecule has 0 fully saturated rings. The van der Waals surface area contributed by atoms with Gasteiger partial charge < -0.3 is 9.32 Å². The summed E-state index contributed by atoms with van der Waals surface area (Å²) in [5.41, 5.74) is 2.21. The van der Waals surface area contributed by atoms with E-state index in [1.54, 1.807) is 12.1 Å². The van der Waals surface area contributed by atoms with Gasteiger partial charge in [0.15, 0.2) is 0 Å². The number of hydrogen-bond acceptors (Lipinski definition) is 3. The number of rotatable bonds is 12. The third kappa shape index (κ3) is 7.65. The molecule has 1 amide bonds. The Labute approximate surface area is 190 Å². The molecule has 0 saturated heterocycles. The Hall–Kier alpha value is -2.92. The van der Waals surface area contributed by atoms with Crippen molar-refractivity contribution in [2.75, 3.05) is 19.6 Å². The van der Waals surface area contributed by atoms with Crippen molar-refractivity contribution < 1.29 is 13.6 Å². The van der Waals surface area contributed by atoms with E-state index in [1.807, 2.05) is 42.2 Å². The number of unbranched alkanes of at least 4 members (excludes halogenated alkanes) is 1. The Morgan fingerprint density at radius 3 is 2.31 bits per heavy atom. The lowest BCUT2D eigenvalue weighted by Gasteiger charge is -2.27.